The number of hydrogen-bond acceptors (Lipinski definition) is 2. The zero-order valence-corrected chi connectivity index (χ0v) is 16.4. The SMILES string of the molecule is CCC1CCCCN1C(=O)CCN(C(C)=O)c1ccc(Br)cc1C. The average molecular weight is 395 g/mol. The zero-order chi connectivity index (χ0) is 17.7. The van der Waals surface area contributed by atoms with Gasteiger partial charge >= 0.3 is 0 Å². The van der Waals surface area contributed by atoms with Crippen LogP contribution in [0.4, 0.5) is 5.69 Å². The van der Waals surface area contributed by atoms with Crippen molar-refractivity contribution < 1.29 is 9.59 Å². The van der Waals surface area contributed by atoms with Crippen molar-refractivity contribution >= 4 is 33.4 Å². The molecule has 1 atom stereocenters. The second-order valence-corrected chi connectivity index (χ2v) is 7.41. The van der Waals surface area contributed by atoms with E-state index in [4.69, 9.17) is 0 Å². The van der Waals surface area contributed by atoms with Crippen LogP contribution in [0.1, 0.15) is 51.5 Å². The summed E-state index contributed by atoms with van der Waals surface area (Å²) in [4.78, 5) is 28.5. The van der Waals surface area contributed by atoms with E-state index >= 15 is 0 Å². The van der Waals surface area contributed by atoms with Crippen LogP contribution in [0, 0.1) is 6.92 Å². The Morgan fingerprint density at radius 1 is 1.33 bits per heavy atom. The third-order valence-corrected chi connectivity index (χ3v) is 5.29. The van der Waals surface area contributed by atoms with Crippen LogP contribution in [0.25, 0.3) is 0 Å². The molecule has 1 heterocycles. The Balaban J connectivity index is 2.06. The molecular weight excluding hydrogens is 368 g/mol. The molecule has 4 nitrogen and oxygen atoms in total. The molecule has 1 aliphatic heterocycles. The molecule has 0 aliphatic carbocycles. The highest BCUT2D eigenvalue weighted by molar-refractivity contribution is 9.10. The van der Waals surface area contributed by atoms with E-state index in [1.54, 1.807) is 11.8 Å². The molecule has 0 radical (unpaired) electrons. The van der Waals surface area contributed by atoms with Crippen LogP contribution in [-0.2, 0) is 9.59 Å². The molecule has 0 spiro atoms. The van der Waals surface area contributed by atoms with Crippen molar-refractivity contribution in [1.82, 2.24) is 4.90 Å². The molecule has 0 saturated carbocycles. The largest absolute Gasteiger partial charge is 0.340 e. The van der Waals surface area contributed by atoms with Gasteiger partial charge < -0.3 is 9.80 Å². The molecule has 5 heteroatoms. The number of carbonyl (C=O) groups excluding carboxylic acids is 2. The lowest BCUT2D eigenvalue weighted by molar-refractivity contribution is -0.134. The maximum absolute atomic E-state index is 12.6. The van der Waals surface area contributed by atoms with Crippen LogP contribution in [0.5, 0.6) is 0 Å². The van der Waals surface area contributed by atoms with Gasteiger partial charge in [-0.25, -0.2) is 0 Å². The molecule has 1 fully saturated rings. The summed E-state index contributed by atoms with van der Waals surface area (Å²) in [5.74, 6) is 0.140. The van der Waals surface area contributed by atoms with Crippen molar-refractivity contribution in [3.63, 3.8) is 0 Å². The maximum atomic E-state index is 12.6. The van der Waals surface area contributed by atoms with Crippen molar-refractivity contribution in [3.8, 4) is 0 Å². The zero-order valence-electron chi connectivity index (χ0n) is 14.8. The molecular formula is C19H27BrN2O2. The number of halogens is 1. The van der Waals surface area contributed by atoms with Crippen molar-refractivity contribution in [2.45, 2.75) is 58.9 Å². The third kappa shape index (κ3) is 4.59. The highest BCUT2D eigenvalue weighted by Gasteiger charge is 2.26. The summed E-state index contributed by atoms with van der Waals surface area (Å²) in [6.07, 6.45) is 4.79. The Bertz CT molecular complexity index is 603. The highest BCUT2D eigenvalue weighted by atomic mass is 79.9. The van der Waals surface area contributed by atoms with E-state index in [-0.39, 0.29) is 11.8 Å². The van der Waals surface area contributed by atoms with E-state index in [1.165, 1.54) is 6.42 Å². The van der Waals surface area contributed by atoms with Gasteiger partial charge in [-0.15, -0.1) is 0 Å². The second kappa shape index (κ2) is 8.65. The van der Waals surface area contributed by atoms with E-state index in [0.717, 1.165) is 41.5 Å². The van der Waals surface area contributed by atoms with Gasteiger partial charge in [0.05, 0.1) is 0 Å². The van der Waals surface area contributed by atoms with Crippen LogP contribution in [-0.4, -0.2) is 35.8 Å². The predicted octanol–water partition coefficient (Wildman–Crippen LogP) is 4.29. The number of aryl methyl sites for hydroxylation is 1. The fraction of sp³-hybridized carbons (Fsp3) is 0.579. The number of anilines is 1. The number of carbonyl (C=O) groups is 2. The van der Waals surface area contributed by atoms with Gasteiger partial charge in [0, 0.05) is 42.6 Å². The van der Waals surface area contributed by atoms with Gasteiger partial charge in [0.25, 0.3) is 0 Å². The van der Waals surface area contributed by atoms with E-state index in [2.05, 4.69) is 22.9 Å². The van der Waals surface area contributed by atoms with Gasteiger partial charge in [0.2, 0.25) is 11.8 Å². The number of hydrogen-bond donors (Lipinski definition) is 0. The molecule has 0 bridgehead atoms. The molecule has 1 aliphatic rings. The molecule has 1 saturated heterocycles. The van der Waals surface area contributed by atoms with E-state index in [9.17, 15) is 9.59 Å². The third-order valence-electron chi connectivity index (χ3n) is 4.80. The molecule has 2 amide bonds. The normalized spacial score (nSPS) is 17.7. The number of nitrogens with zero attached hydrogens (tertiary/aromatic N) is 2. The van der Waals surface area contributed by atoms with Gasteiger partial charge in [0.1, 0.15) is 0 Å². The fourth-order valence-corrected chi connectivity index (χ4v) is 3.95. The maximum Gasteiger partial charge on any atom is 0.224 e. The first kappa shape index (κ1) is 19.0. The van der Waals surface area contributed by atoms with Crippen LogP contribution in [0.3, 0.4) is 0 Å². The van der Waals surface area contributed by atoms with Crippen molar-refractivity contribution in [2.24, 2.45) is 0 Å². The molecule has 1 aromatic rings. The Hall–Kier alpha value is -1.36. The standard InChI is InChI=1S/C19H27BrN2O2/c1-4-17-7-5-6-11-22(17)19(24)10-12-21(15(3)23)18-9-8-16(20)13-14(18)2/h8-9,13,17H,4-7,10-12H2,1-3H3. The quantitative estimate of drug-likeness (QED) is 0.746. The first-order valence-corrected chi connectivity index (χ1v) is 9.57. The Morgan fingerprint density at radius 3 is 2.71 bits per heavy atom. The summed E-state index contributed by atoms with van der Waals surface area (Å²) in [6, 6.07) is 6.22. The minimum absolute atomic E-state index is 0.0288. The van der Waals surface area contributed by atoms with E-state index in [1.807, 2.05) is 30.0 Å². The number of amides is 2. The molecule has 0 N–H and O–H groups in total. The van der Waals surface area contributed by atoms with Gasteiger partial charge in [-0.1, -0.05) is 22.9 Å². The predicted molar refractivity (Wildman–Crippen MR) is 101 cm³/mol. The van der Waals surface area contributed by atoms with Crippen molar-refractivity contribution in [1.29, 1.82) is 0 Å². The Morgan fingerprint density at radius 2 is 2.08 bits per heavy atom. The minimum atomic E-state index is -0.0288. The Kier molecular flexibility index (Phi) is 6.84. The second-order valence-electron chi connectivity index (χ2n) is 6.50. The number of likely N-dealkylation sites (tertiary alicyclic amines) is 1. The summed E-state index contributed by atoms with van der Waals surface area (Å²) < 4.78 is 0.988. The van der Waals surface area contributed by atoms with Crippen molar-refractivity contribution in [2.75, 3.05) is 18.0 Å². The molecule has 2 rings (SSSR count). The monoisotopic (exact) mass is 394 g/mol. The topological polar surface area (TPSA) is 40.6 Å². The average Bonchev–Trinajstić information content (AvgIpc) is 2.56. The lowest BCUT2D eigenvalue weighted by Gasteiger charge is -2.36. The molecule has 0 aromatic heterocycles. The van der Waals surface area contributed by atoms with Crippen LogP contribution < -0.4 is 4.90 Å². The molecule has 132 valence electrons. The highest BCUT2D eigenvalue weighted by Crippen LogP contribution is 2.25. The smallest absolute Gasteiger partial charge is 0.224 e. The van der Waals surface area contributed by atoms with Gasteiger partial charge in [0.15, 0.2) is 0 Å². The summed E-state index contributed by atoms with van der Waals surface area (Å²) >= 11 is 3.45. The van der Waals surface area contributed by atoms with Crippen molar-refractivity contribution in [3.05, 3.63) is 28.2 Å². The molecule has 1 unspecified atom stereocenters. The number of piperidine rings is 1. The lowest BCUT2D eigenvalue weighted by atomic mass is 9.99. The first-order chi connectivity index (χ1) is 11.4. The fourth-order valence-electron chi connectivity index (χ4n) is 3.47. The number of rotatable bonds is 5. The van der Waals surface area contributed by atoms with Gasteiger partial charge in [-0.05, 0) is 56.4 Å². The lowest BCUT2D eigenvalue weighted by Crippen LogP contribution is -2.44. The Labute approximate surface area is 153 Å². The van der Waals surface area contributed by atoms with E-state index in [0.29, 0.717) is 19.0 Å². The van der Waals surface area contributed by atoms with Crippen LogP contribution >= 0.6 is 15.9 Å². The molecule has 1 aromatic carbocycles. The summed E-state index contributed by atoms with van der Waals surface area (Å²) in [6.45, 7) is 6.97. The summed E-state index contributed by atoms with van der Waals surface area (Å²) in [5, 5.41) is 0. The van der Waals surface area contributed by atoms with Gasteiger partial charge in [-0.2, -0.15) is 0 Å². The summed E-state index contributed by atoms with van der Waals surface area (Å²) in [5.41, 5.74) is 1.90. The first-order valence-electron chi connectivity index (χ1n) is 8.77. The number of benzene rings is 1. The van der Waals surface area contributed by atoms with E-state index < -0.39 is 0 Å². The van der Waals surface area contributed by atoms with Crippen LogP contribution in [0.15, 0.2) is 22.7 Å². The van der Waals surface area contributed by atoms with Gasteiger partial charge in [-0.3, -0.25) is 9.59 Å². The summed E-state index contributed by atoms with van der Waals surface area (Å²) in [7, 11) is 0. The van der Waals surface area contributed by atoms with Crippen LogP contribution in [0.2, 0.25) is 0 Å². The molecule has 24 heavy (non-hydrogen) atoms. The minimum Gasteiger partial charge on any atom is -0.340 e.